The summed E-state index contributed by atoms with van der Waals surface area (Å²) in [6.07, 6.45) is 11.2. The zero-order valence-electron chi connectivity index (χ0n) is 16.1. The molecular weight excluding hydrogens is 336 g/mol. The summed E-state index contributed by atoms with van der Waals surface area (Å²) in [5.41, 5.74) is 3.87. The fourth-order valence-corrected chi connectivity index (χ4v) is 4.76. The topological polar surface area (TPSA) is 16.1 Å². The molecule has 2 nitrogen and oxygen atoms in total. The van der Waals surface area contributed by atoms with Crippen LogP contribution in [0.15, 0.2) is 36.4 Å². The van der Waals surface area contributed by atoms with Gasteiger partial charge in [-0.25, -0.2) is 0 Å². The van der Waals surface area contributed by atoms with Gasteiger partial charge in [0, 0.05) is 29.9 Å². The van der Waals surface area contributed by atoms with Crippen LogP contribution in [0.2, 0.25) is 0 Å². The van der Waals surface area contributed by atoms with Crippen molar-refractivity contribution in [2.24, 2.45) is 11.3 Å². The van der Waals surface area contributed by atoms with Gasteiger partial charge in [-0.3, -0.25) is 9.29 Å². The van der Waals surface area contributed by atoms with Crippen LogP contribution in [0.5, 0.6) is 0 Å². The van der Waals surface area contributed by atoms with E-state index in [-0.39, 0.29) is 0 Å². The van der Waals surface area contributed by atoms with Gasteiger partial charge in [-0.05, 0) is 61.1 Å². The van der Waals surface area contributed by atoms with Crippen LogP contribution in [0.3, 0.4) is 0 Å². The molecule has 0 radical (unpaired) electrons. The van der Waals surface area contributed by atoms with Gasteiger partial charge in [0.25, 0.3) is 0 Å². The Labute approximate surface area is 162 Å². The van der Waals surface area contributed by atoms with Crippen molar-refractivity contribution in [3.05, 3.63) is 47.7 Å². The number of aromatic nitrogens is 1. The van der Waals surface area contributed by atoms with Crippen molar-refractivity contribution in [3.63, 3.8) is 0 Å². The minimum absolute atomic E-state index is 0.324. The Bertz CT molecular complexity index is 786. The highest BCUT2D eigenvalue weighted by atomic mass is 32.2. The predicted octanol–water partition coefficient (Wildman–Crippen LogP) is 5.97. The highest BCUT2D eigenvalue weighted by Crippen LogP contribution is 2.38. The molecule has 0 N–H and O–H groups in total. The van der Waals surface area contributed by atoms with Crippen LogP contribution < -0.4 is 0 Å². The van der Waals surface area contributed by atoms with Gasteiger partial charge >= 0.3 is 0 Å². The number of pyridine rings is 1. The summed E-state index contributed by atoms with van der Waals surface area (Å²) in [6, 6.07) is 11.0. The van der Waals surface area contributed by atoms with Crippen LogP contribution in [-0.4, -0.2) is 28.1 Å². The van der Waals surface area contributed by atoms with Crippen LogP contribution >= 0.6 is 11.9 Å². The first-order valence-corrected chi connectivity index (χ1v) is 11.0. The van der Waals surface area contributed by atoms with E-state index < -0.39 is 0 Å². The summed E-state index contributed by atoms with van der Waals surface area (Å²) in [5.74, 6) is 2.36. The molecule has 2 aliphatic rings. The summed E-state index contributed by atoms with van der Waals surface area (Å²) >= 11 is 2.09. The van der Waals surface area contributed by atoms with Crippen molar-refractivity contribution in [1.29, 1.82) is 0 Å². The molecule has 2 heterocycles. The lowest BCUT2D eigenvalue weighted by molar-refractivity contribution is 0.238. The first-order valence-electron chi connectivity index (χ1n) is 10.1. The number of piperidine rings is 1. The maximum Gasteiger partial charge on any atom is 0.0711 e. The number of aryl methyl sites for hydroxylation is 1. The molecule has 1 aliphatic heterocycles. The molecular formula is C23H30N2S. The van der Waals surface area contributed by atoms with Gasteiger partial charge in [0.15, 0.2) is 0 Å². The van der Waals surface area contributed by atoms with Crippen LogP contribution in [0.25, 0.3) is 17.0 Å². The standard InChI is InChI=1S/C23H30N2S/c1-3-21-9-8-20-7-6-18(16-22(20)24-21)10-11-23(2)12-14-25(15-13-23)26-17-19-4-5-19/h6-11,16,19H,3-5,12-15,17H2,1-2H3/b11-10+. The molecule has 2 aromatic rings. The van der Waals surface area contributed by atoms with Crippen molar-refractivity contribution >= 4 is 28.9 Å². The van der Waals surface area contributed by atoms with Gasteiger partial charge in [0.1, 0.15) is 0 Å². The number of hydrogen-bond acceptors (Lipinski definition) is 3. The summed E-state index contributed by atoms with van der Waals surface area (Å²) in [6.45, 7) is 7.02. The zero-order valence-corrected chi connectivity index (χ0v) is 16.9. The monoisotopic (exact) mass is 366 g/mol. The average Bonchev–Trinajstić information content (AvgIpc) is 3.50. The van der Waals surface area contributed by atoms with E-state index in [0.717, 1.165) is 17.9 Å². The minimum atomic E-state index is 0.324. The molecule has 1 saturated heterocycles. The van der Waals surface area contributed by atoms with Crippen LogP contribution in [0, 0.1) is 11.3 Å². The second-order valence-corrected chi connectivity index (χ2v) is 9.37. The normalized spacial score (nSPS) is 20.8. The molecule has 0 atom stereocenters. The number of rotatable bonds is 6. The SMILES string of the molecule is CCc1ccc2ccc(/C=C/C3(C)CCN(SCC4CC4)CC3)cc2n1. The number of nitrogens with zero attached hydrogens (tertiary/aromatic N) is 2. The molecule has 0 spiro atoms. The lowest BCUT2D eigenvalue weighted by Gasteiger charge is -2.37. The van der Waals surface area contributed by atoms with E-state index in [2.05, 4.69) is 72.6 Å². The Morgan fingerprint density at radius 2 is 1.96 bits per heavy atom. The largest absolute Gasteiger partial charge is 0.253 e. The van der Waals surface area contributed by atoms with E-state index in [9.17, 15) is 0 Å². The predicted molar refractivity (Wildman–Crippen MR) is 114 cm³/mol. The Morgan fingerprint density at radius 3 is 2.69 bits per heavy atom. The van der Waals surface area contributed by atoms with E-state index in [1.54, 1.807) is 0 Å². The number of benzene rings is 1. The molecule has 1 aromatic carbocycles. The minimum Gasteiger partial charge on any atom is -0.253 e. The van der Waals surface area contributed by atoms with Gasteiger partial charge < -0.3 is 0 Å². The van der Waals surface area contributed by atoms with Crippen LogP contribution in [0.1, 0.15) is 50.8 Å². The summed E-state index contributed by atoms with van der Waals surface area (Å²) in [5, 5.41) is 1.23. The maximum absolute atomic E-state index is 4.77. The Balaban J connectivity index is 1.39. The molecule has 2 fully saturated rings. The van der Waals surface area contributed by atoms with Gasteiger partial charge in [-0.15, -0.1) is 0 Å². The molecule has 138 valence electrons. The lowest BCUT2D eigenvalue weighted by atomic mass is 9.80. The molecule has 3 heteroatoms. The van der Waals surface area contributed by atoms with Crippen molar-refractivity contribution in [3.8, 4) is 0 Å². The summed E-state index contributed by atoms with van der Waals surface area (Å²) in [4.78, 5) is 4.77. The molecule has 1 aliphatic carbocycles. The van der Waals surface area contributed by atoms with E-state index in [4.69, 9.17) is 4.98 Å². The van der Waals surface area contributed by atoms with E-state index >= 15 is 0 Å². The molecule has 0 bridgehead atoms. The molecule has 0 unspecified atom stereocenters. The Morgan fingerprint density at radius 1 is 1.19 bits per heavy atom. The van der Waals surface area contributed by atoms with Gasteiger partial charge in [0.2, 0.25) is 0 Å². The molecule has 1 saturated carbocycles. The first kappa shape index (κ1) is 18.1. The Hall–Kier alpha value is -1.32. The molecule has 0 amide bonds. The number of fused-ring (bicyclic) bond motifs is 1. The third-order valence-corrected chi connectivity index (χ3v) is 7.22. The average molecular weight is 367 g/mol. The van der Waals surface area contributed by atoms with Crippen molar-refractivity contribution in [2.75, 3.05) is 18.8 Å². The van der Waals surface area contributed by atoms with Crippen molar-refractivity contribution in [1.82, 2.24) is 9.29 Å². The highest BCUT2D eigenvalue weighted by molar-refractivity contribution is 7.97. The fraction of sp³-hybridized carbons (Fsp3) is 0.522. The van der Waals surface area contributed by atoms with Crippen LogP contribution in [0.4, 0.5) is 0 Å². The highest BCUT2D eigenvalue weighted by Gasteiger charge is 2.29. The lowest BCUT2D eigenvalue weighted by Crippen LogP contribution is -2.34. The molecule has 1 aromatic heterocycles. The smallest absolute Gasteiger partial charge is 0.0711 e. The van der Waals surface area contributed by atoms with E-state index in [1.165, 1.54) is 61.2 Å². The second kappa shape index (κ2) is 7.74. The Kier molecular flexibility index (Phi) is 5.37. The van der Waals surface area contributed by atoms with Crippen LogP contribution in [-0.2, 0) is 6.42 Å². The third kappa shape index (κ3) is 4.50. The van der Waals surface area contributed by atoms with Crippen molar-refractivity contribution < 1.29 is 0 Å². The van der Waals surface area contributed by atoms with Crippen molar-refractivity contribution in [2.45, 2.75) is 46.0 Å². The van der Waals surface area contributed by atoms with Gasteiger partial charge in [0.05, 0.1) is 5.52 Å². The van der Waals surface area contributed by atoms with E-state index in [0.29, 0.717) is 5.41 Å². The fourth-order valence-electron chi connectivity index (χ4n) is 3.56. The third-order valence-electron chi connectivity index (χ3n) is 5.87. The second-order valence-electron chi connectivity index (χ2n) is 8.26. The quantitative estimate of drug-likeness (QED) is 0.586. The zero-order chi connectivity index (χ0) is 18.0. The first-order chi connectivity index (χ1) is 12.6. The van der Waals surface area contributed by atoms with Gasteiger partial charge in [-0.1, -0.05) is 56.1 Å². The maximum atomic E-state index is 4.77. The molecule has 26 heavy (non-hydrogen) atoms. The van der Waals surface area contributed by atoms with E-state index in [1.807, 2.05) is 0 Å². The number of hydrogen-bond donors (Lipinski definition) is 0. The summed E-state index contributed by atoms with van der Waals surface area (Å²) < 4.78 is 2.60. The summed E-state index contributed by atoms with van der Waals surface area (Å²) in [7, 11) is 0. The van der Waals surface area contributed by atoms with Gasteiger partial charge in [-0.2, -0.15) is 0 Å². The molecule has 4 rings (SSSR count). The number of allylic oxidation sites excluding steroid dienone is 1.